The Labute approximate surface area is 157 Å². The first kappa shape index (κ1) is 19.1. The Bertz CT molecular complexity index is 712. The van der Waals surface area contributed by atoms with Crippen molar-refractivity contribution in [2.24, 2.45) is 5.41 Å². The van der Waals surface area contributed by atoms with E-state index in [-0.39, 0.29) is 12.0 Å². The van der Waals surface area contributed by atoms with Gasteiger partial charge < -0.3 is 10.2 Å². The van der Waals surface area contributed by atoms with E-state index in [0.717, 1.165) is 32.4 Å². The minimum Gasteiger partial charge on any atom is -0.396 e. The molecule has 0 unspecified atom stereocenters. The normalized spacial score (nSPS) is 23.9. The van der Waals surface area contributed by atoms with E-state index in [4.69, 9.17) is 0 Å². The van der Waals surface area contributed by atoms with Gasteiger partial charge in [0, 0.05) is 18.5 Å². The first-order valence-electron chi connectivity index (χ1n) is 9.73. The van der Waals surface area contributed by atoms with Crippen LogP contribution in [-0.2, 0) is 6.54 Å². The van der Waals surface area contributed by atoms with Gasteiger partial charge in [0.25, 0.3) is 0 Å². The fraction of sp³-hybridized carbons (Fsp3) is 0.478. The van der Waals surface area contributed by atoms with Crippen molar-refractivity contribution in [2.75, 3.05) is 19.7 Å². The molecule has 2 N–H and O–H groups in total. The van der Waals surface area contributed by atoms with E-state index >= 15 is 0 Å². The molecule has 3 rings (SSSR count). The van der Waals surface area contributed by atoms with Crippen LogP contribution in [0, 0.1) is 12.3 Å². The highest BCUT2D eigenvalue weighted by Gasteiger charge is 2.40. The zero-order valence-electron chi connectivity index (χ0n) is 16.0. The quantitative estimate of drug-likeness (QED) is 0.825. The summed E-state index contributed by atoms with van der Waals surface area (Å²) in [6, 6.07) is 17.3. The van der Waals surface area contributed by atoms with Gasteiger partial charge in [-0.05, 0) is 43.0 Å². The van der Waals surface area contributed by atoms with Crippen LogP contribution in [0.15, 0.2) is 48.5 Å². The summed E-state index contributed by atoms with van der Waals surface area (Å²) in [5, 5.41) is 20.4. The third-order valence-electron chi connectivity index (χ3n) is 5.84. The van der Waals surface area contributed by atoms with Gasteiger partial charge in [-0.25, -0.2) is 0 Å². The number of aliphatic hydroxyl groups is 2. The number of hydrogen-bond donors (Lipinski definition) is 2. The highest BCUT2D eigenvalue weighted by Crippen LogP contribution is 2.36. The van der Waals surface area contributed by atoms with Gasteiger partial charge in [-0.2, -0.15) is 0 Å². The van der Waals surface area contributed by atoms with Gasteiger partial charge in [-0.15, -0.1) is 0 Å². The van der Waals surface area contributed by atoms with Crippen LogP contribution in [0.2, 0.25) is 0 Å². The predicted octanol–water partition coefficient (Wildman–Crippen LogP) is 4.01. The van der Waals surface area contributed by atoms with Crippen LogP contribution in [0.1, 0.15) is 37.3 Å². The number of aryl methyl sites for hydroxylation is 1. The topological polar surface area (TPSA) is 43.7 Å². The van der Waals surface area contributed by atoms with Gasteiger partial charge in [0.15, 0.2) is 0 Å². The van der Waals surface area contributed by atoms with Crippen molar-refractivity contribution in [3.63, 3.8) is 0 Å². The number of piperidine rings is 1. The zero-order chi connectivity index (χ0) is 18.6. The fourth-order valence-corrected chi connectivity index (χ4v) is 4.16. The molecule has 0 aromatic heterocycles. The van der Waals surface area contributed by atoms with Crippen LogP contribution in [0.25, 0.3) is 11.1 Å². The Kier molecular flexibility index (Phi) is 6.13. The Morgan fingerprint density at radius 3 is 2.50 bits per heavy atom. The number of β-amino-alcohol motifs (C(OH)–C–C–N with tert-alkyl or cyclic N) is 1. The summed E-state index contributed by atoms with van der Waals surface area (Å²) in [5.74, 6) is 0. The van der Waals surface area contributed by atoms with E-state index in [9.17, 15) is 10.2 Å². The van der Waals surface area contributed by atoms with Crippen molar-refractivity contribution in [3.05, 3.63) is 59.7 Å². The predicted molar refractivity (Wildman–Crippen MR) is 107 cm³/mol. The summed E-state index contributed by atoms with van der Waals surface area (Å²) in [5.41, 5.74) is 4.71. The Balaban J connectivity index is 1.63. The van der Waals surface area contributed by atoms with Crippen molar-refractivity contribution in [1.29, 1.82) is 0 Å². The molecule has 26 heavy (non-hydrogen) atoms. The lowest BCUT2D eigenvalue weighted by atomic mass is 9.73. The molecule has 1 aliphatic rings. The summed E-state index contributed by atoms with van der Waals surface area (Å²) in [4.78, 5) is 2.30. The molecule has 3 heteroatoms. The van der Waals surface area contributed by atoms with E-state index in [1.807, 2.05) is 0 Å². The third-order valence-corrected chi connectivity index (χ3v) is 5.84. The van der Waals surface area contributed by atoms with Crippen molar-refractivity contribution in [3.8, 4) is 11.1 Å². The van der Waals surface area contributed by atoms with Gasteiger partial charge in [0.1, 0.15) is 0 Å². The Morgan fingerprint density at radius 2 is 1.88 bits per heavy atom. The summed E-state index contributed by atoms with van der Waals surface area (Å²) in [7, 11) is 0. The second-order valence-corrected chi connectivity index (χ2v) is 7.84. The molecule has 1 saturated heterocycles. The Morgan fingerprint density at radius 1 is 1.12 bits per heavy atom. The van der Waals surface area contributed by atoms with E-state index < -0.39 is 6.10 Å². The van der Waals surface area contributed by atoms with Gasteiger partial charge in [0.2, 0.25) is 0 Å². The number of aliphatic hydroxyl groups excluding tert-OH is 2. The maximum atomic E-state index is 10.6. The molecule has 2 aromatic rings. The van der Waals surface area contributed by atoms with Crippen LogP contribution >= 0.6 is 0 Å². The first-order chi connectivity index (χ1) is 12.6. The molecule has 0 aliphatic carbocycles. The van der Waals surface area contributed by atoms with E-state index in [1.54, 1.807) is 0 Å². The average Bonchev–Trinajstić information content (AvgIpc) is 2.65. The summed E-state index contributed by atoms with van der Waals surface area (Å²) >= 11 is 0. The molecule has 0 bridgehead atoms. The van der Waals surface area contributed by atoms with E-state index in [1.165, 1.54) is 22.3 Å². The van der Waals surface area contributed by atoms with Gasteiger partial charge in [0.05, 0.1) is 12.7 Å². The van der Waals surface area contributed by atoms with Crippen LogP contribution in [0.4, 0.5) is 0 Å². The largest absolute Gasteiger partial charge is 0.396 e. The molecule has 1 fully saturated rings. The SMILES string of the molecule is CCC[C@]1(CO)CCN(Cc2ccc(-c3cccc(C)c3)cc2)C[C@H]1O. The number of hydrogen-bond acceptors (Lipinski definition) is 3. The Hall–Kier alpha value is -1.68. The van der Waals surface area contributed by atoms with Crippen molar-refractivity contribution < 1.29 is 10.2 Å². The highest BCUT2D eigenvalue weighted by molar-refractivity contribution is 5.64. The van der Waals surface area contributed by atoms with Gasteiger partial charge in [-0.3, -0.25) is 4.90 Å². The van der Waals surface area contributed by atoms with Crippen molar-refractivity contribution >= 4 is 0 Å². The van der Waals surface area contributed by atoms with Crippen LogP contribution < -0.4 is 0 Å². The summed E-state index contributed by atoms with van der Waals surface area (Å²) in [6.45, 7) is 6.73. The van der Waals surface area contributed by atoms with Gasteiger partial charge in [-0.1, -0.05) is 67.4 Å². The average molecular weight is 354 g/mol. The van der Waals surface area contributed by atoms with E-state index in [0.29, 0.717) is 6.54 Å². The molecule has 1 aliphatic heterocycles. The molecule has 2 atom stereocenters. The lowest BCUT2D eigenvalue weighted by Gasteiger charge is -2.44. The first-order valence-corrected chi connectivity index (χ1v) is 9.73. The van der Waals surface area contributed by atoms with Crippen molar-refractivity contribution in [1.82, 2.24) is 4.90 Å². The molecule has 2 aromatic carbocycles. The summed E-state index contributed by atoms with van der Waals surface area (Å²) < 4.78 is 0. The minimum absolute atomic E-state index is 0.0844. The van der Waals surface area contributed by atoms with Gasteiger partial charge >= 0.3 is 0 Å². The lowest BCUT2D eigenvalue weighted by Crippen LogP contribution is -2.52. The van der Waals surface area contributed by atoms with Crippen molar-refractivity contribution in [2.45, 2.75) is 45.8 Å². The fourth-order valence-electron chi connectivity index (χ4n) is 4.16. The summed E-state index contributed by atoms with van der Waals surface area (Å²) in [6.07, 6.45) is 2.30. The molecule has 0 radical (unpaired) electrons. The smallest absolute Gasteiger partial charge is 0.0745 e. The van der Waals surface area contributed by atoms with Crippen LogP contribution in [0.3, 0.4) is 0 Å². The second kappa shape index (κ2) is 8.34. The zero-order valence-corrected chi connectivity index (χ0v) is 16.0. The number of rotatable bonds is 6. The van der Waals surface area contributed by atoms with Crippen LogP contribution in [-0.4, -0.2) is 40.9 Å². The molecular formula is C23H31NO2. The molecule has 0 saturated carbocycles. The number of benzene rings is 2. The molecule has 0 spiro atoms. The third kappa shape index (κ3) is 4.17. The molecular weight excluding hydrogens is 322 g/mol. The standard InChI is InChI=1S/C23H31NO2/c1-3-11-23(17-25)12-13-24(16-22(23)26)15-19-7-9-20(10-8-19)21-6-4-5-18(2)14-21/h4-10,14,22,25-26H,3,11-13,15-17H2,1-2H3/t22-,23-/m1/s1. The number of nitrogens with zero attached hydrogens (tertiary/aromatic N) is 1. The second-order valence-electron chi connectivity index (χ2n) is 7.84. The molecule has 3 nitrogen and oxygen atoms in total. The molecule has 1 heterocycles. The monoisotopic (exact) mass is 353 g/mol. The van der Waals surface area contributed by atoms with E-state index in [2.05, 4.69) is 67.3 Å². The minimum atomic E-state index is -0.451. The van der Waals surface area contributed by atoms with Crippen LogP contribution in [0.5, 0.6) is 0 Å². The maximum absolute atomic E-state index is 10.6. The number of likely N-dealkylation sites (tertiary alicyclic amines) is 1. The highest BCUT2D eigenvalue weighted by atomic mass is 16.3. The molecule has 140 valence electrons. The lowest BCUT2D eigenvalue weighted by molar-refractivity contribution is -0.0802. The maximum Gasteiger partial charge on any atom is 0.0745 e. The molecule has 0 amide bonds.